The normalized spacial score (nSPS) is 9.22. The summed E-state index contributed by atoms with van der Waals surface area (Å²) in [6.45, 7) is 7.47. The Bertz CT molecular complexity index is 634. The number of hydrogen-bond donors (Lipinski definition) is 1. The summed E-state index contributed by atoms with van der Waals surface area (Å²) < 4.78 is 0. The zero-order chi connectivity index (χ0) is 16.3. The Morgan fingerprint density at radius 3 is 1.09 bits per heavy atom. The van der Waals surface area contributed by atoms with Gasteiger partial charge in [0.1, 0.15) is 0 Å². The lowest BCUT2D eigenvalue weighted by molar-refractivity contribution is 1.53. The average molecular weight is 299 g/mol. The summed E-state index contributed by atoms with van der Waals surface area (Å²) >= 11 is 0. The smallest absolute Gasteiger partial charge is 0.0384 e. The molecule has 1 nitrogen and oxygen atoms in total. The first-order valence-corrected chi connectivity index (χ1v) is 7.54. The Labute approximate surface area is 138 Å². The van der Waals surface area contributed by atoms with Crippen LogP contribution in [-0.4, -0.2) is 0 Å². The maximum Gasteiger partial charge on any atom is 0.0384 e. The largest absolute Gasteiger partial charge is 0.356 e. The molecule has 0 aromatic heterocycles. The van der Waals surface area contributed by atoms with Gasteiger partial charge in [-0.2, -0.15) is 0 Å². The van der Waals surface area contributed by atoms with Crippen LogP contribution >= 0.6 is 0 Å². The molecule has 0 spiro atoms. The molecular weight excluding hydrogens is 278 g/mol. The quantitative estimate of drug-likeness (QED) is 0.587. The van der Waals surface area contributed by atoms with Crippen molar-refractivity contribution in [1.82, 2.24) is 0 Å². The van der Waals surface area contributed by atoms with E-state index in [1.165, 1.54) is 0 Å². The molecule has 0 aliphatic rings. The first-order valence-electron chi connectivity index (χ1n) is 7.54. The van der Waals surface area contributed by atoms with E-state index in [0.29, 0.717) is 0 Å². The maximum absolute atomic E-state index is 3.73. The second kappa shape index (κ2) is 9.06. The summed E-state index contributed by atoms with van der Waals surface area (Å²) in [7, 11) is 0. The van der Waals surface area contributed by atoms with E-state index in [2.05, 4.69) is 18.5 Å². The molecule has 0 radical (unpaired) electrons. The Kier molecular flexibility index (Phi) is 6.43. The van der Waals surface area contributed by atoms with Gasteiger partial charge in [-0.25, -0.2) is 0 Å². The predicted molar refractivity (Wildman–Crippen MR) is 103 cm³/mol. The minimum Gasteiger partial charge on any atom is -0.356 e. The molecular formula is C22H21N. The molecule has 3 rings (SSSR count). The lowest BCUT2D eigenvalue weighted by Gasteiger charge is -2.06. The van der Waals surface area contributed by atoms with Gasteiger partial charge in [0, 0.05) is 11.4 Å². The van der Waals surface area contributed by atoms with Crippen LogP contribution in [0.1, 0.15) is 11.1 Å². The first-order chi connectivity index (χ1) is 11.3. The minimum atomic E-state index is 1.07. The second-order valence-corrected chi connectivity index (χ2v) is 4.93. The molecule has 0 aliphatic heterocycles. The fourth-order valence-corrected chi connectivity index (χ4v) is 1.96. The zero-order valence-electron chi connectivity index (χ0n) is 13.2. The van der Waals surface area contributed by atoms with Gasteiger partial charge in [0.15, 0.2) is 0 Å². The number of benzene rings is 3. The molecule has 23 heavy (non-hydrogen) atoms. The van der Waals surface area contributed by atoms with Crippen LogP contribution in [0.3, 0.4) is 0 Å². The van der Waals surface area contributed by atoms with Crippen LogP contribution in [0.4, 0.5) is 11.4 Å². The molecule has 0 amide bonds. The molecule has 0 saturated heterocycles. The van der Waals surface area contributed by atoms with E-state index in [0.717, 1.165) is 22.5 Å². The van der Waals surface area contributed by atoms with Gasteiger partial charge in [0.05, 0.1) is 0 Å². The maximum atomic E-state index is 3.73. The standard InChI is InChI=1S/C16H15N.C6H6/c1-3-13-5-9-15(10-6-13)17-16-11-7-14(4-2)8-12-16;1-2-4-6-5-3-1/h3-12,17H,1-2H2;1-6H. The third kappa shape index (κ3) is 5.68. The third-order valence-corrected chi connectivity index (χ3v) is 3.25. The summed E-state index contributed by atoms with van der Waals surface area (Å²) in [5, 5.41) is 3.34. The molecule has 3 aromatic carbocycles. The lowest BCUT2D eigenvalue weighted by atomic mass is 10.2. The van der Waals surface area contributed by atoms with Crippen LogP contribution in [0.25, 0.3) is 12.2 Å². The molecule has 0 fully saturated rings. The second-order valence-electron chi connectivity index (χ2n) is 4.93. The van der Waals surface area contributed by atoms with Crippen LogP contribution in [0.2, 0.25) is 0 Å². The van der Waals surface area contributed by atoms with Crippen molar-refractivity contribution < 1.29 is 0 Å². The Hall–Kier alpha value is -3.06. The van der Waals surface area contributed by atoms with Crippen molar-refractivity contribution >= 4 is 23.5 Å². The van der Waals surface area contributed by atoms with Crippen molar-refractivity contribution in [2.75, 3.05) is 5.32 Å². The zero-order valence-corrected chi connectivity index (χ0v) is 13.2. The highest BCUT2D eigenvalue weighted by Crippen LogP contribution is 2.18. The fraction of sp³-hybridized carbons (Fsp3) is 0. The van der Waals surface area contributed by atoms with Gasteiger partial charge < -0.3 is 5.32 Å². The molecule has 1 N–H and O–H groups in total. The van der Waals surface area contributed by atoms with Crippen LogP contribution < -0.4 is 5.32 Å². The lowest BCUT2D eigenvalue weighted by Crippen LogP contribution is -1.89. The Morgan fingerprint density at radius 2 is 0.826 bits per heavy atom. The highest BCUT2D eigenvalue weighted by atomic mass is 14.9. The van der Waals surface area contributed by atoms with Crippen LogP contribution in [0.5, 0.6) is 0 Å². The van der Waals surface area contributed by atoms with Crippen molar-refractivity contribution in [3.8, 4) is 0 Å². The van der Waals surface area contributed by atoms with Gasteiger partial charge in [0.25, 0.3) is 0 Å². The number of nitrogens with one attached hydrogen (secondary N) is 1. The highest BCUT2D eigenvalue weighted by Gasteiger charge is 1.94. The van der Waals surface area contributed by atoms with Crippen molar-refractivity contribution in [2.45, 2.75) is 0 Å². The van der Waals surface area contributed by atoms with Gasteiger partial charge in [-0.05, 0) is 35.4 Å². The first kappa shape index (κ1) is 16.3. The summed E-state index contributed by atoms with van der Waals surface area (Å²) in [6.07, 6.45) is 3.67. The van der Waals surface area contributed by atoms with Crippen molar-refractivity contribution in [1.29, 1.82) is 0 Å². The summed E-state index contributed by atoms with van der Waals surface area (Å²) in [4.78, 5) is 0. The van der Waals surface area contributed by atoms with Crippen molar-refractivity contribution in [3.63, 3.8) is 0 Å². The molecule has 114 valence electrons. The van der Waals surface area contributed by atoms with Gasteiger partial charge in [0.2, 0.25) is 0 Å². The molecule has 1 heteroatoms. The summed E-state index contributed by atoms with van der Waals surface area (Å²) in [5.41, 5.74) is 4.39. The van der Waals surface area contributed by atoms with Gasteiger partial charge in [-0.3, -0.25) is 0 Å². The van der Waals surface area contributed by atoms with Crippen molar-refractivity contribution in [2.24, 2.45) is 0 Å². The van der Waals surface area contributed by atoms with Gasteiger partial charge in [-0.15, -0.1) is 0 Å². The molecule has 3 aromatic rings. The Morgan fingerprint density at radius 1 is 0.522 bits per heavy atom. The fourth-order valence-electron chi connectivity index (χ4n) is 1.96. The molecule has 0 atom stereocenters. The summed E-state index contributed by atoms with van der Waals surface area (Å²) in [5.74, 6) is 0. The van der Waals surface area contributed by atoms with E-state index in [9.17, 15) is 0 Å². The number of anilines is 2. The number of rotatable bonds is 4. The van der Waals surface area contributed by atoms with E-state index in [1.54, 1.807) is 0 Å². The van der Waals surface area contributed by atoms with E-state index in [1.807, 2.05) is 97.1 Å². The molecule has 0 heterocycles. The van der Waals surface area contributed by atoms with E-state index in [-0.39, 0.29) is 0 Å². The van der Waals surface area contributed by atoms with Crippen LogP contribution in [0.15, 0.2) is 98.1 Å². The van der Waals surface area contributed by atoms with Crippen LogP contribution in [0, 0.1) is 0 Å². The third-order valence-electron chi connectivity index (χ3n) is 3.25. The Balaban J connectivity index is 0.000000268. The van der Waals surface area contributed by atoms with E-state index in [4.69, 9.17) is 0 Å². The number of hydrogen-bond acceptors (Lipinski definition) is 1. The predicted octanol–water partition coefficient (Wildman–Crippen LogP) is 6.40. The molecule has 0 saturated carbocycles. The average Bonchev–Trinajstić information content (AvgIpc) is 2.65. The minimum absolute atomic E-state index is 1.07. The SMILES string of the molecule is C=Cc1ccc(Nc2ccc(C=C)cc2)cc1.c1ccccc1. The molecule has 0 bridgehead atoms. The monoisotopic (exact) mass is 299 g/mol. The topological polar surface area (TPSA) is 12.0 Å². The van der Waals surface area contributed by atoms with Crippen molar-refractivity contribution in [3.05, 3.63) is 109 Å². The van der Waals surface area contributed by atoms with Gasteiger partial charge in [-0.1, -0.05) is 86.0 Å². The highest BCUT2D eigenvalue weighted by molar-refractivity contribution is 5.63. The summed E-state index contributed by atoms with van der Waals surface area (Å²) in [6, 6.07) is 28.3. The van der Waals surface area contributed by atoms with E-state index < -0.39 is 0 Å². The van der Waals surface area contributed by atoms with E-state index >= 15 is 0 Å². The molecule has 0 aliphatic carbocycles. The van der Waals surface area contributed by atoms with Crippen LogP contribution in [-0.2, 0) is 0 Å². The molecule has 0 unspecified atom stereocenters. The van der Waals surface area contributed by atoms with Gasteiger partial charge >= 0.3 is 0 Å².